The molecule has 0 aliphatic carbocycles. The molecular weight excluding hydrogens is 649 g/mol. The molecule has 12 rings (SSSR count). The van der Waals surface area contributed by atoms with Gasteiger partial charge in [-0.1, -0.05) is 97.1 Å². The standard InChI is InChI=1S/C48H28N4O/c1-7-17-41-33(11-1)34-12-2-8-18-42(34)51(41)32-23-21-29-26-38-35-13-3-9-19-43(35)52(44(38)27-31(29)25-32)48-47(49-39-15-5-6-16-40(39)50-48)30-22-24-37-36-14-4-10-20-45(36)53-46(37)28-30/h1-28H. The summed E-state index contributed by atoms with van der Waals surface area (Å²) in [5.41, 5.74) is 10.8. The Morgan fingerprint density at radius 1 is 0.377 bits per heavy atom. The minimum absolute atomic E-state index is 0.781. The zero-order valence-corrected chi connectivity index (χ0v) is 28.4. The second-order valence-electron chi connectivity index (χ2n) is 13.8. The van der Waals surface area contributed by atoms with Gasteiger partial charge in [0.2, 0.25) is 0 Å². The Morgan fingerprint density at radius 2 is 0.981 bits per heavy atom. The van der Waals surface area contributed by atoms with Crippen molar-refractivity contribution in [3.05, 3.63) is 170 Å². The summed E-state index contributed by atoms with van der Waals surface area (Å²) in [4.78, 5) is 10.7. The molecule has 12 aromatic rings. The second-order valence-corrected chi connectivity index (χ2v) is 13.8. The Hall–Kier alpha value is -7.24. The Labute approximate surface area is 302 Å². The van der Waals surface area contributed by atoms with Gasteiger partial charge in [0.25, 0.3) is 0 Å². The predicted molar refractivity (Wildman–Crippen MR) is 218 cm³/mol. The molecule has 0 unspecified atom stereocenters. The lowest BCUT2D eigenvalue weighted by Gasteiger charge is -2.14. The minimum Gasteiger partial charge on any atom is -0.456 e. The molecule has 246 valence electrons. The summed E-state index contributed by atoms with van der Waals surface area (Å²) in [6.45, 7) is 0. The number of furan rings is 1. The Balaban J connectivity index is 1.14. The Bertz CT molecular complexity index is 3420. The van der Waals surface area contributed by atoms with Gasteiger partial charge in [-0.3, -0.25) is 4.57 Å². The summed E-state index contributed by atoms with van der Waals surface area (Å²) in [5, 5.41) is 9.38. The summed E-state index contributed by atoms with van der Waals surface area (Å²) < 4.78 is 11.0. The molecule has 0 bridgehead atoms. The van der Waals surface area contributed by atoms with Crippen molar-refractivity contribution in [2.45, 2.75) is 0 Å². The molecule has 0 aliphatic heterocycles. The van der Waals surface area contributed by atoms with Crippen molar-refractivity contribution in [1.82, 2.24) is 19.1 Å². The molecule has 4 heterocycles. The van der Waals surface area contributed by atoms with Crippen molar-refractivity contribution in [1.29, 1.82) is 0 Å². The lowest BCUT2D eigenvalue weighted by atomic mass is 10.0. The second kappa shape index (κ2) is 10.6. The fourth-order valence-corrected chi connectivity index (χ4v) is 8.48. The molecule has 0 saturated carbocycles. The Kier molecular flexibility index (Phi) is 5.71. The van der Waals surface area contributed by atoms with Crippen LogP contribution in [0.15, 0.2) is 174 Å². The number of hydrogen-bond donors (Lipinski definition) is 0. The van der Waals surface area contributed by atoms with Crippen LogP contribution in [0, 0.1) is 0 Å². The third kappa shape index (κ3) is 4.07. The van der Waals surface area contributed by atoms with E-state index in [0.717, 1.165) is 72.2 Å². The van der Waals surface area contributed by atoms with Crippen molar-refractivity contribution in [3.8, 4) is 22.8 Å². The first-order chi connectivity index (χ1) is 26.3. The largest absolute Gasteiger partial charge is 0.456 e. The maximum absolute atomic E-state index is 6.36. The van der Waals surface area contributed by atoms with E-state index in [1.807, 2.05) is 36.4 Å². The Morgan fingerprint density at radius 3 is 1.74 bits per heavy atom. The topological polar surface area (TPSA) is 48.8 Å². The monoisotopic (exact) mass is 676 g/mol. The van der Waals surface area contributed by atoms with Gasteiger partial charge >= 0.3 is 0 Å². The molecule has 5 heteroatoms. The van der Waals surface area contributed by atoms with Crippen LogP contribution < -0.4 is 0 Å². The maximum Gasteiger partial charge on any atom is 0.165 e. The molecule has 0 saturated heterocycles. The van der Waals surface area contributed by atoms with E-state index < -0.39 is 0 Å². The van der Waals surface area contributed by atoms with E-state index in [4.69, 9.17) is 14.4 Å². The van der Waals surface area contributed by atoms with Crippen molar-refractivity contribution in [2.24, 2.45) is 0 Å². The van der Waals surface area contributed by atoms with Crippen LogP contribution in [0.3, 0.4) is 0 Å². The van der Waals surface area contributed by atoms with Crippen LogP contribution in [0.25, 0.3) is 110 Å². The summed E-state index contributed by atoms with van der Waals surface area (Å²) in [6.07, 6.45) is 0. The first-order valence-electron chi connectivity index (χ1n) is 17.9. The lowest BCUT2D eigenvalue weighted by Crippen LogP contribution is -2.03. The molecule has 53 heavy (non-hydrogen) atoms. The van der Waals surface area contributed by atoms with Gasteiger partial charge in [-0.25, -0.2) is 9.97 Å². The summed E-state index contributed by atoms with van der Waals surface area (Å²) >= 11 is 0. The molecular formula is C48H28N4O. The highest BCUT2D eigenvalue weighted by atomic mass is 16.3. The van der Waals surface area contributed by atoms with E-state index >= 15 is 0 Å². The molecule has 0 spiro atoms. The van der Waals surface area contributed by atoms with Crippen LogP contribution in [0.1, 0.15) is 0 Å². The zero-order chi connectivity index (χ0) is 34.6. The van der Waals surface area contributed by atoms with Crippen molar-refractivity contribution < 1.29 is 4.42 Å². The first kappa shape index (κ1) is 28.5. The third-order valence-corrected chi connectivity index (χ3v) is 10.9. The number of hydrogen-bond acceptors (Lipinski definition) is 3. The quantitative estimate of drug-likeness (QED) is 0.187. The van der Waals surface area contributed by atoms with Gasteiger partial charge in [0.05, 0.1) is 33.1 Å². The van der Waals surface area contributed by atoms with Crippen LogP contribution in [0.4, 0.5) is 0 Å². The fourth-order valence-electron chi connectivity index (χ4n) is 8.48. The normalized spacial score (nSPS) is 12.2. The van der Waals surface area contributed by atoms with E-state index in [1.165, 1.54) is 38.0 Å². The minimum atomic E-state index is 0.781. The molecule has 5 nitrogen and oxygen atoms in total. The highest BCUT2D eigenvalue weighted by Crippen LogP contribution is 2.40. The summed E-state index contributed by atoms with van der Waals surface area (Å²) in [6, 6.07) is 60.1. The number of nitrogens with zero attached hydrogens (tertiary/aromatic N) is 4. The van der Waals surface area contributed by atoms with Crippen LogP contribution in [-0.4, -0.2) is 19.1 Å². The fraction of sp³-hybridized carbons (Fsp3) is 0. The van der Waals surface area contributed by atoms with E-state index in [0.29, 0.717) is 0 Å². The van der Waals surface area contributed by atoms with E-state index in [9.17, 15) is 0 Å². The maximum atomic E-state index is 6.36. The SMILES string of the molecule is c1ccc2nc(-n3c4ccccc4c4cc5ccc(-n6c7ccccc7c7ccccc76)cc5cc43)c(-c3ccc4c(c3)oc3ccccc34)nc2c1. The predicted octanol–water partition coefficient (Wildman–Crippen LogP) is 12.5. The van der Waals surface area contributed by atoms with Crippen LogP contribution in [0.5, 0.6) is 0 Å². The van der Waals surface area contributed by atoms with E-state index in [1.54, 1.807) is 0 Å². The third-order valence-electron chi connectivity index (χ3n) is 10.9. The average molecular weight is 677 g/mol. The van der Waals surface area contributed by atoms with Gasteiger partial charge < -0.3 is 8.98 Å². The summed E-state index contributed by atoms with van der Waals surface area (Å²) in [5.74, 6) is 0.781. The molecule has 4 aromatic heterocycles. The van der Waals surface area contributed by atoms with Crippen molar-refractivity contribution in [3.63, 3.8) is 0 Å². The van der Waals surface area contributed by atoms with E-state index in [-0.39, 0.29) is 0 Å². The molecule has 0 radical (unpaired) electrons. The van der Waals surface area contributed by atoms with Gasteiger partial charge in [0, 0.05) is 43.6 Å². The number of aromatic nitrogens is 4. The van der Waals surface area contributed by atoms with Gasteiger partial charge in [0.15, 0.2) is 5.82 Å². The van der Waals surface area contributed by atoms with E-state index in [2.05, 4.69) is 143 Å². The van der Waals surface area contributed by atoms with Crippen molar-refractivity contribution in [2.75, 3.05) is 0 Å². The molecule has 0 N–H and O–H groups in total. The first-order valence-corrected chi connectivity index (χ1v) is 17.9. The average Bonchev–Trinajstić information content (AvgIpc) is 3.86. The van der Waals surface area contributed by atoms with Crippen LogP contribution in [0.2, 0.25) is 0 Å². The highest BCUT2D eigenvalue weighted by molar-refractivity contribution is 6.15. The molecule has 0 atom stereocenters. The number of fused-ring (bicyclic) bond motifs is 11. The zero-order valence-electron chi connectivity index (χ0n) is 28.4. The van der Waals surface area contributed by atoms with Gasteiger partial charge in [-0.15, -0.1) is 0 Å². The molecule has 0 aliphatic rings. The molecule has 8 aromatic carbocycles. The number of para-hydroxylation sites is 6. The smallest absolute Gasteiger partial charge is 0.165 e. The van der Waals surface area contributed by atoms with Gasteiger partial charge in [-0.2, -0.15) is 0 Å². The number of benzene rings is 8. The molecule has 0 amide bonds. The van der Waals surface area contributed by atoms with Crippen LogP contribution in [-0.2, 0) is 0 Å². The highest BCUT2D eigenvalue weighted by Gasteiger charge is 2.21. The van der Waals surface area contributed by atoms with Crippen LogP contribution >= 0.6 is 0 Å². The number of rotatable bonds is 3. The van der Waals surface area contributed by atoms with Gasteiger partial charge in [-0.05, 0) is 83.6 Å². The summed E-state index contributed by atoms with van der Waals surface area (Å²) in [7, 11) is 0. The van der Waals surface area contributed by atoms with Crippen molar-refractivity contribution >= 4 is 87.4 Å². The van der Waals surface area contributed by atoms with Gasteiger partial charge in [0.1, 0.15) is 16.9 Å². The molecule has 0 fully saturated rings. The lowest BCUT2D eigenvalue weighted by molar-refractivity contribution is 0.669.